The molecule has 0 saturated carbocycles. The summed E-state index contributed by atoms with van der Waals surface area (Å²) in [5.74, 6) is 0.779. The van der Waals surface area contributed by atoms with Crippen LogP contribution in [0.3, 0.4) is 0 Å². The maximum Gasteiger partial charge on any atom is 0.259 e. The van der Waals surface area contributed by atoms with Gasteiger partial charge in [-0.25, -0.2) is 0 Å². The van der Waals surface area contributed by atoms with Gasteiger partial charge in [0.05, 0.1) is 0 Å². The molecule has 0 aliphatic rings. The van der Waals surface area contributed by atoms with Crippen LogP contribution in [-0.2, 0) is 4.79 Å². The highest BCUT2D eigenvalue weighted by Gasteiger charge is 2.03. The lowest BCUT2D eigenvalue weighted by Gasteiger charge is -2.10. The molecule has 0 heterocycles. The van der Waals surface area contributed by atoms with Crippen molar-refractivity contribution in [3.05, 3.63) is 65.2 Å². The molecule has 2 aromatic carbocycles. The number of carbonyl (C=O) groups excluding carboxylic acids is 1. The first-order valence-corrected chi connectivity index (χ1v) is 7.43. The lowest BCUT2D eigenvalue weighted by atomic mass is 10.1. The zero-order chi connectivity index (χ0) is 17.4. The highest BCUT2D eigenvalue weighted by Crippen LogP contribution is 2.17. The third-order valence-electron chi connectivity index (χ3n) is 3.28. The van der Waals surface area contributed by atoms with Gasteiger partial charge >= 0.3 is 0 Å². The van der Waals surface area contributed by atoms with Gasteiger partial charge in [-0.15, -0.1) is 0 Å². The Bertz CT molecular complexity index is 774. The van der Waals surface area contributed by atoms with E-state index in [1.807, 2.05) is 31.2 Å². The third kappa shape index (κ3) is 4.89. The first-order valence-electron chi connectivity index (χ1n) is 7.43. The summed E-state index contributed by atoms with van der Waals surface area (Å²) >= 11 is 0. The highest BCUT2D eigenvalue weighted by atomic mass is 16.5. The smallest absolute Gasteiger partial charge is 0.259 e. The molecule has 24 heavy (non-hydrogen) atoms. The molecule has 0 bridgehead atoms. The number of benzene rings is 2. The van der Waals surface area contributed by atoms with Gasteiger partial charge in [0.2, 0.25) is 0 Å². The summed E-state index contributed by atoms with van der Waals surface area (Å²) in [4.78, 5) is 11.0. The van der Waals surface area contributed by atoms with Crippen LogP contribution in [0, 0.1) is 18.3 Å². The number of nitriles is 1. The van der Waals surface area contributed by atoms with Crippen LogP contribution in [0.4, 0.5) is 0 Å². The van der Waals surface area contributed by atoms with Gasteiger partial charge in [0.1, 0.15) is 36.4 Å². The van der Waals surface area contributed by atoms with Gasteiger partial charge in [0, 0.05) is 0 Å². The zero-order valence-corrected chi connectivity index (χ0v) is 13.4. The molecule has 2 aromatic rings. The molecule has 5 nitrogen and oxygen atoms in total. The second-order valence-corrected chi connectivity index (χ2v) is 5.07. The molecule has 0 saturated heterocycles. The van der Waals surface area contributed by atoms with Crippen LogP contribution in [0.25, 0.3) is 6.08 Å². The molecule has 1 amide bonds. The number of hydrogen-bond donors (Lipinski definition) is 1. The number of primary amides is 1. The standard InChI is InChI=1S/C19H18N2O3/c1-14-4-2-3-5-18(14)24-11-10-23-17-8-6-15(7-9-17)12-16(13-20)19(21)22/h2-9,12H,10-11H2,1H3,(H2,21,22). The number of amides is 1. The molecule has 0 radical (unpaired) electrons. The molecule has 0 aliphatic heterocycles. The summed E-state index contributed by atoms with van der Waals surface area (Å²) < 4.78 is 11.3. The second kappa shape index (κ2) is 8.39. The molecule has 0 aromatic heterocycles. The van der Waals surface area contributed by atoms with Crippen molar-refractivity contribution in [2.75, 3.05) is 13.2 Å². The normalized spacial score (nSPS) is 10.8. The Morgan fingerprint density at radius 1 is 1.12 bits per heavy atom. The minimum absolute atomic E-state index is 0.0877. The van der Waals surface area contributed by atoms with Gasteiger partial charge in [-0.05, 0) is 42.3 Å². The van der Waals surface area contributed by atoms with Gasteiger partial charge in [0.15, 0.2) is 0 Å². The van der Waals surface area contributed by atoms with Crippen molar-refractivity contribution in [2.45, 2.75) is 6.92 Å². The molecule has 5 heteroatoms. The molecule has 2 N–H and O–H groups in total. The molecule has 0 fully saturated rings. The van der Waals surface area contributed by atoms with E-state index in [9.17, 15) is 4.79 Å². The van der Waals surface area contributed by atoms with Gasteiger partial charge < -0.3 is 15.2 Å². The summed E-state index contributed by atoms with van der Waals surface area (Å²) in [5, 5.41) is 8.81. The van der Waals surface area contributed by atoms with Crippen molar-refractivity contribution in [1.82, 2.24) is 0 Å². The van der Waals surface area contributed by atoms with E-state index in [-0.39, 0.29) is 5.57 Å². The quantitative estimate of drug-likeness (QED) is 0.482. The van der Waals surface area contributed by atoms with Crippen LogP contribution in [-0.4, -0.2) is 19.1 Å². The molecule has 0 aliphatic carbocycles. The largest absolute Gasteiger partial charge is 0.490 e. The summed E-state index contributed by atoms with van der Waals surface area (Å²) in [5.41, 5.74) is 6.79. The highest BCUT2D eigenvalue weighted by molar-refractivity contribution is 6.00. The average molecular weight is 322 g/mol. The summed E-state index contributed by atoms with van der Waals surface area (Å²) in [6.45, 7) is 2.84. The molecular weight excluding hydrogens is 304 g/mol. The Balaban J connectivity index is 1.85. The first-order chi connectivity index (χ1) is 11.6. The topological polar surface area (TPSA) is 85.3 Å². The molecule has 0 spiro atoms. The van der Waals surface area contributed by atoms with E-state index in [1.165, 1.54) is 6.08 Å². The number of rotatable bonds is 7. The van der Waals surface area contributed by atoms with Crippen LogP contribution >= 0.6 is 0 Å². The van der Waals surface area contributed by atoms with Crippen LogP contribution < -0.4 is 15.2 Å². The number of carbonyl (C=O) groups is 1. The van der Waals surface area contributed by atoms with Gasteiger partial charge in [-0.2, -0.15) is 5.26 Å². The Hall–Kier alpha value is -3.26. The van der Waals surface area contributed by atoms with E-state index < -0.39 is 5.91 Å². The van der Waals surface area contributed by atoms with E-state index in [0.29, 0.717) is 24.5 Å². The molecule has 122 valence electrons. The Morgan fingerprint density at radius 3 is 2.42 bits per heavy atom. The Morgan fingerprint density at radius 2 is 1.79 bits per heavy atom. The number of para-hydroxylation sites is 1. The van der Waals surface area contributed by atoms with E-state index >= 15 is 0 Å². The van der Waals surface area contributed by atoms with E-state index in [4.69, 9.17) is 20.5 Å². The third-order valence-corrected chi connectivity index (χ3v) is 3.28. The van der Waals surface area contributed by atoms with E-state index in [0.717, 1.165) is 11.3 Å². The lowest BCUT2D eigenvalue weighted by molar-refractivity contribution is -0.114. The number of ether oxygens (including phenoxy) is 2. The van der Waals surface area contributed by atoms with Crippen molar-refractivity contribution in [3.8, 4) is 17.6 Å². The van der Waals surface area contributed by atoms with Crippen molar-refractivity contribution in [2.24, 2.45) is 5.73 Å². The number of nitrogens with zero attached hydrogens (tertiary/aromatic N) is 1. The molecule has 0 unspecified atom stereocenters. The lowest BCUT2D eigenvalue weighted by Crippen LogP contribution is -2.12. The zero-order valence-electron chi connectivity index (χ0n) is 13.4. The van der Waals surface area contributed by atoms with Gasteiger partial charge in [0.25, 0.3) is 5.91 Å². The fourth-order valence-electron chi connectivity index (χ4n) is 2.01. The monoisotopic (exact) mass is 322 g/mol. The fraction of sp³-hybridized carbons (Fsp3) is 0.158. The van der Waals surface area contributed by atoms with Gasteiger partial charge in [-0.1, -0.05) is 30.3 Å². The van der Waals surface area contributed by atoms with E-state index in [1.54, 1.807) is 30.3 Å². The predicted octanol–water partition coefficient (Wildman–Crippen LogP) is 2.85. The van der Waals surface area contributed by atoms with Crippen LogP contribution in [0.1, 0.15) is 11.1 Å². The summed E-state index contributed by atoms with van der Waals surface area (Å²) in [6.07, 6.45) is 1.44. The van der Waals surface area contributed by atoms with Crippen molar-refractivity contribution < 1.29 is 14.3 Å². The average Bonchev–Trinajstić information content (AvgIpc) is 2.59. The van der Waals surface area contributed by atoms with Crippen LogP contribution in [0.2, 0.25) is 0 Å². The van der Waals surface area contributed by atoms with Crippen LogP contribution in [0.15, 0.2) is 54.1 Å². The minimum atomic E-state index is -0.744. The van der Waals surface area contributed by atoms with Crippen molar-refractivity contribution in [3.63, 3.8) is 0 Å². The summed E-state index contributed by atoms with van der Waals surface area (Å²) in [7, 11) is 0. The van der Waals surface area contributed by atoms with E-state index in [2.05, 4.69) is 0 Å². The summed E-state index contributed by atoms with van der Waals surface area (Å²) in [6, 6.07) is 16.6. The SMILES string of the molecule is Cc1ccccc1OCCOc1ccc(C=C(C#N)C(N)=O)cc1. The number of hydrogen-bond acceptors (Lipinski definition) is 4. The second-order valence-electron chi connectivity index (χ2n) is 5.07. The fourth-order valence-corrected chi connectivity index (χ4v) is 2.01. The maximum atomic E-state index is 11.0. The molecule has 2 rings (SSSR count). The maximum absolute atomic E-state index is 11.0. The number of aryl methyl sites for hydroxylation is 1. The molecular formula is C19H18N2O3. The Labute approximate surface area is 140 Å². The van der Waals surface area contributed by atoms with Crippen molar-refractivity contribution >= 4 is 12.0 Å². The minimum Gasteiger partial charge on any atom is -0.490 e. The number of nitrogens with two attached hydrogens (primary N) is 1. The first kappa shape index (κ1) is 17.1. The van der Waals surface area contributed by atoms with Crippen molar-refractivity contribution in [1.29, 1.82) is 5.26 Å². The molecule has 0 atom stereocenters. The van der Waals surface area contributed by atoms with Gasteiger partial charge in [-0.3, -0.25) is 4.79 Å². The van der Waals surface area contributed by atoms with Crippen LogP contribution in [0.5, 0.6) is 11.5 Å². The Kier molecular flexibility index (Phi) is 5.98. The predicted molar refractivity (Wildman–Crippen MR) is 91.4 cm³/mol.